The van der Waals surface area contributed by atoms with Crippen LogP contribution in [0, 0.1) is 13.8 Å². The average Bonchev–Trinajstić information content (AvgIpc) is 3.42. The molecule has 9 nitrogen and oxygen atoms in total. The van der Waals surface area contributed by atoms with E-state index in [1.54, 1.807) is 13.0 Å². The summed E-state index contributed by atoms with van der Waals surface area (Å²) in [6.45, 7) is -1.09. The molecule has 0 bridgehead atoms. The molecule has 1 amide bonds. The van der Waals surface area contributed by atoms with Crippen molar-refractivity contribution in [2.24, 2.45) is 0 Å². The number of carbonyl (C=O) groups is 1. The molecule has 0 aliphatic carbocycles. The van der Waals surface area contributed by atoms with Gasteiger partial charge in [0.2, 0.25) is 0 Å². The zero-order valence-electron chi connectivity index (χ0n) is 28.9. The number of anilines is 4. The van der Waals surface area contributed by atoms with Crippen LogP contribution in [0.2, 0.25) is 5.02 Å². The smallest absolute Gasteiger partial charge is 0.267 e. The summed E-state index contributed by atoms with van der Waals surface area (Å²) in [4.78, 5) is 27.7. The summed E-state index contributed by atoms with van der Waals surface area (Å²) in [6.07, 6.45) is 2.34. The molecule has 11 heteroatoms. The highest BCUT2D eigenvalue weighted by atomic mass is 35.5. The molecule has 1 aliphatic heterocycles. The van der Waals surface area contributed by atoms with Crippen molar-refractivity contribution in [1.82, 2.24) is 19.9 Å². The molecule has 1 atom stereocenters. The first-order valence-corrected chi connectivity index (χ1v) is 13.4. The summed E-state index contributed by atoms with van der Waals surface area (Å²) < 4.78 is 60.9. The predicted molar refractivity (Wildman–Crippen MR) is 155 cm³/mol. The highest BCUT2D eigenvalue weighted by Gasteiger charge is 2.25. The Hall–Kier alpha value is -2.79. The van der Waals surface area contributed by atoms with E-state index in [9.17, 15) is 9.90 Å². The Bertz CT molecular complexity index is 1580. The van der Waals surface area contributed by atoms with Crippen LogP contribution in [0.15, 0.2) is 18.3 Å². The number of benzene rings is 1. The van der Waals surface area contributed by atoms with E-state index in [0.29, 0.717) is 26.9 Å². The fourth-order valence-electron chi connectivity index (χ4n) is 3.97. The number of piperazine rings is 1. The quantitative estimate of drug-likeness (QED) is 0.339. The lowest BCUT2D eigenvalue weighted by Crippen LogP contribution is -2.52. The molecule has 3 heterocycles. The van der Waals surface area contributed by atoms with Crippen molar-refractivity contribution in [3.8, 4) is 0 Å². The van der Waals surface area contributed by atoms with Crippen LogP contribution in [0.4, 0.5) is 22.5 Å². The van der Waals surface area contributed by atoms with Gasteiger partial charge in [-0.25, -0.2) is 15.0 Å². The fraction of sp³-hybridized carbons (Fsp3) is 0.481. The minimum absolute atomic E-state index is 0.120. The molecule has 204 valence electrons. The van der Waals surface area contributed by atoms with Gasteiger partial charge in [-0.05, 0) is 49.9 Å². The second-order valence-corrected chi connectivity index (χ2v) is 10.1. The van der Waals surface area contributed by atoms with Crippen molar-refractivity contribution in [3.05, 3.63) is 50.7 Å². The normalized spacial score (nSPS) is 24.7. The standard InChI is InChI=1S/C27H36ClN7O2S/c1-6-19-18(5)16(3)12-20(28)25(19)33-26(37)21-14-29-27(38-21)32-23-13-24(31-22(7-2)30-23)35-9-8-34(10-11-36)15-17(35)4/h12-14,17,36H,6-11,15H2,1-5H3,(H,33,37)(H,29,30,31,32)/i8D2,9D2,15D2,17D. The number of aliphatic hydroxyl groups is 1. The van der Waals surface area contributed by atoms with Crippen molar-refractivity contribution >= 4 is 51.3 Å². The van der Waals surface area contributed by atoms with Crippen molar-refractivity contribution in [1.29, 1.82) is 0 Å². The maximum absolute atomic E-state index is 13.2. The van der Waals surface area contributed by atoms with Crippen molar-refractivity contribution in [2.45, 2.75) is 53.5 Å². The Morgan fingerprint density at radius 3 is 2.79 bits per heavy atom. The maximum Gasteiger partial charge on any atom is 0.267 e. The van der Waals surface area contributed by atoms with Crippen LogP contribution < -0.4 is 15.5 Å². The monoisotopic (exact) mass is 564 g/mol. The van der Waals surface area contributed by atoms with Crippen molar-refractivity contribution in [3.63, 3.8) is 0 Å². The third-order valence-electron chi connectivity index (χ3n) is 6.04. The number of halogens is 1. The van der Waals surface area contributed by atoms with Gasteiger partial charge in [0.25, 0.3) is 5.91 Å². The maximum atomic E-state index is 13.2. The Labute approximate surface area is 243 Å². The number of aromatic nitrogens is 3. The molecular weight excluding hydrogens is 522 g/mol. The van der Waals surface area contributed by atoms with Crippen LogP contribution in [-0.2, 0) is 12.8 Å². The van der Waals surface area contributed by atoms with Gasteiger partial charge < -0.3 is 20.6 Å². The number of thiazole rings is 1. The van der Waals surface area contributed by atoms with Crippen LogP contribution >= 0.6 is 22.9 Å². The van der Waals surface area contributed by atoms with Gasteiger partial charge in [-0.3, -0.25) is 9.69 Å². The number of hydrogen-bond acceptors (Lipinski definition) is 9. The second-order valence-electron chi connectivity index (χ2n) is 8.63. The minimum atomic E-state index is -2.97. The van der Waals surface area contributed by atoms with Gasteiger partial charge in [0, 0.05) is 50.0 Å². The van der Waals surface area contributed by atoms with Crippen LogP contribution in [0.1, 0.15) is 62.6 Å². The summed E-state index contributed by atoms with van der Waals surface area (Å²) in [6, 6.07) is 0.672. The lowest BCUT2D eigenvalue weighted by atomic mass is 9.99. The third-order valence-corrected chi connectivity index (χ3v) is 7.25. The number of carbonyl (C=O) groups excluding carboxylic acids is 1. The summed E-state index contributed by atoms with van der Waals surface area (Å²) >= 11 is 7.51. The number of nitrogens with one attached hydrogen (secondary N) is 2. The number of amides is 1. The van der Waals surface area contributed by atoms with Gasteiger partial charge in [0.15, 0.2) is 5.13 Å². The lowest BCUT2D eigenvalue weighted by Gasteiger charge is -2.40. The van der Waals surface area contributed by atoms with E-state index >= 15 is 0 Å². The molecule has 0 saturated carbocycles. The summed E-state index contributed by atoms with van der Waals surface area (Å²) in [5, 5.41) is 16.1. The zero-order valence-corrected chi connectivity index (χ0v) is 23.5. The van der Waals surface area contributed by atoms with Gasteiger partial charge >= 0.3 is 0 Å². The van der Waals surface area contributed by atoms with E-state index < -0.39 is 44.6 Å². The van der Waals surface area contributed by atoms with E-state index in [2.05, 4.69) is 25.6 Å². The van der Waals surface area contributed by atoms with Crippen LogP contribution in [0.5, 0.6) is 0 Å². The largest absolute Gasteiger partial charge is 0.395 e. The number of rotatable bonds is 9. The minimum Gasteiger partial charge on any atom is -0.395 e. The zero-order chi connectivity index (χ0) is 33.7. The molecule has 0 spiro atoms. The molecule has 1 saturated heterocycles. The fourth-order valence-corrected chi connectivity index (χ4v) is 5.01. The van der Waals surface area contributed by atoms with Crippen LogP contribution in [0.3, 0.4) is 0 Å². The summed E-state index contributed by atoms with van der Waals surface area (Å²) in [5.41, 5.74) is 3.53. The van der Waals surface area contributed by atoms with Crippen molar-refractivity contribution < 1.29 is 19.5 Å². The molecule has 1 fully saturated rings. The summed E-state index contributed by atoms with van der Waals surface area (Å²) in [5.74, 6) is -0.309. The number of aryl methyl sites for hydroxylation is 2. The number of β-amino-alcohol motifs (C(OH)–C–C–N with tert-alkyl or cyclic N) is 1. The first kappa shape index (κ1) is 20.2. The molecule has 0 radical (unpaired) electrons. The van der Waals surface area contributed by atoms with Gasteiger partial charge in [-0.2, -0.15) is 0 Å². The second kappa shape index (κ2) is 12.4. The molecule has 38 heavy (non-hydrogen) atoms. The number of aliphatic hydroxyl groups excluding tert-OH is 1. The molecule has 3 N–H and O–H groups in total. The average molecular weight is 565 g/mol. The SMILES string of the molecule is [2H]C1([2H])N(CCO)C([2H])([2H])C([2H])(C)N(c2cc(Nc3ncc(C(=O)Nc4c(Cl)cc(C)c(C)c4CC)s3)nc(CC)n2)C1([2H])[2H]. The third kappa shape index (κ3) is 6.26. The molecule has 1 aromatic carbocycles. The first-order chi connectivity index (χ1) is 20.8. The van der Waals surface area contributed by atoms with E-state index in [-0.39, 0.29) is 33.9 Å². The molecule has 3 aromatic rings. The first-order valence-electron chi connectivity index (χ1n) is 15.7. The van der Waals surface area contributed by atoms with E-state index in [1.165, 1.54) is 12.3 Å². The highest BCUT2D eigenvalue weighted by molar-refractivity contribution is 7.17. The van der Waals surface area contributed by atoms with Gasteiger partial charge in [0.1, 0.15) is 22.3 Å². The van der Waals surface area contributed by atoms with E-state index in [4.69, 9.17) is 21.2 Å². The van der Waals surface area contributed by atoms with Gasteiger partial charge in [-0.1, -0.05) is 36.8 Å². The van der Waals surface area contributed by atoms with E-state index in [0.717, 1.165) is 35.0 Å². The topological polar surface area (TPSA) is 107 Å². The highest BCUT2D eigenvalue weighted by Crippen LogP contribution is 2.33. The van der Waals surface area contributed by atoms with Gasteiger partial charge in [-0.15, -0.1) is 0 Å². The number of hydrogen-bond donors (Lipinski definition) is 3. The molecule has 2 aromatic heterocycles. The predicted octanol–water partition coefficient (Wildman–Crippen LogP) is 4.83. The molecular formula is C27H36ClN7O2S. The Morgan fingerprint density at radius 1 is 1.29 bits per heavy atom. The van der Waals surface area contributed by atoms with Crippen LogP contribution in [-0.4, -0.2) is 69.5 Å². The van der Waals surface area contributed by atoms with Crippen LogP contribution in [0.25, 0.3) is 0 Å². The molecule has 1 aliphatic rings. The number of nitrogens with zero attached hydrogens (tertiary/aromatic N) is 5. The Balaban J connectivity index is 1.68. The van der Waals surface area contributed by atoms with E-state index in [1.807, 2.05) is 20.8 Å². The Morgan fingerprint density at radius 2 is 2.08 bits per heavy atom. The van der Waals surface area contributed by atoms with Gasteiger partial charge in [0.05, 0.1) is 27.6 Å². The lowest BCUT2D eigenvalue weighted by molar-refractivity contribution is 0.103. The molecule has 4 rings (SSSR count). The summed E-state index contributed by atoms with van der Waals surface area (Å²) in [7, 11) is 0. The van der Waals surface area contributed by atoms with Crippen molar-refractivity contribution in [2.75, 3.05) is 48.2 Å². The Kier molecular flexibility index (Phi) is 6.57. The molecule has 1 unspecified atom stereocenters.